The molecule has 3 aromatic rings. The number of aliphatic hydroxyl groups is 2. The smallest absolute Gasteiger partial charge is 0.252 e. The zero-order chi connectivity index (χ0) is 33.1. The highest BCUT2D eigenvalue weighted by molar-refractivity contribution is 7.91. The molecule has 0 radical (unpaired) electrons. The second-order valence-electron chi connectivity index (χ2n) is 13.3. The minimum absolute atomic E-state index is 0.0374. The first-order valence-electron chi connectivity index (χ1n) is 16.2. The largest absolute Gasteiger partial charge is 0.393 e. The van der Waals surface area contributed by atoms with Crippen LogP contribution in [0.25, 0.3) is 0 Å². The van der Waals surface area contributed by atoms with Crippen molar-refractivity contribution in [1.82, 2.24) is 4.31 Å². The van der Waals surface area contributed by atoms with Gasteiger partial charge in [-0.3, -0.25) is 4.79 Å². The van der Waals surface area contributed by atoms with Crippen molar-refractivity contribution < 1.29 is 28.2 Å². The van der Waals surface area contributed by atoms with E-state index >= 15 is 0 Å². The van der Waals surface area contributed by atoms with Crippen molar-refractivity contribution in [3.8, 4) is 0 Å². The molecule has 1 fully saturated rings. The summed E-state index contributed by atoms with van der Waals surface area (Å²) in [6.07, 6.45) is 6.37. The first-order chi connectivity index (χ1) is 21.9. The van der Waals surface area contributed by atoms with Crippen molar-refractivity contribution in [3.63, 3.8) is 0 Å². The van der Waals surface area contributed by atoms with Gasteiger partial charge < -0.3 is 14.9 Å². The van der Waals surface area contributed by atoms with Crippen LogP contribution in [0, 0.1) is 12.3 Å². The number of carbonyl (C=O) groups is 1. The van der Waals surface area contributed by atoms with Gasteiger partial charge in [-0.2, -0.15) is 4.31 Å². The van der Waals surface area contributed by atoms with E-state index in [9.17, 15) is 23.4 Å². The molecule has 0 aliphatic heterocycles. The van der Waals surface area contributed by atoms with Crippen LogP contribution in [0.1, 0.15) is 96.0 Å². The Balaban J connectivity index is 1.60. The first-order valence-corrected chi connectivity index (χ1v) is 19.3. The molecule has 3 aliphatic rings. The molecule has 10 heteroatoms. The molecule has 0 saturated heterocycles. The Morgan fingerprint density at radius 2 is 1.93 bits per heavy atom. The van der Waals surface area contributed by atoms with Crippen molar-refractivity contribution in [1.29, 1.82) is 0 Å². The summed E-state index contributed by atoms with van der Waals surface area (Å²) < 4.78 is 34.8. The summed E-state index contributed by atoms with van der Waals surface area (Å²) in [6, 6.07) is 13.2. The summed E-state index contributed by atoms with van der Waals surface area (Å²) in [5.74, 6) is -0.232. The van der Waals surface area contributed by atoms with Crippen LogP contribution in [0.3, 0.4) is 0 Å². The van der Waals surface area contributed by atoms with Gasteiger partial charge in [-0.25, -0.2) is 8.42 Å². The van der Waals surface area contributed by atoms with Crippen molar-refractivity contribution in [2.24, 2.45) is 5.41 Å². The topological polar surface area (TPSA) is 104 Å². The molecule has 1 saturated carbocycles. The van der Waals surface area contributed by atoms with Crippen molar-refractivity contribution >= 4 is 38.5 Å². The Labute approximate surface area is 282 Å². The van der Waals surface area contributed by atoms with Crippen LogP contribution in [-0.4, -0.2) is 67.2 Å². The molecular formula is C36H47NO6S3. The highest BCUT2D eigenvalue weighted by Gasteiger charge is 2.58. The standard InChI is InChI=1S/C36H47NO6S3/c1-25-8-5-17-35(3)31(16-18-36(35,40)24-37(19-7-20-43-4)46(41,42)33-9-6-21-44-33)29-14-12-27(22-28(38)13-10-25)23-30(29)34(39)32-15-11-26(2)45-32/h6,8-9,11-12,14-15,21,23,28,31,38,40H,5,7,10,13,16-20,22,24H2,1-4H3/t28-,31-,35-,36+/m0/s1. The molecule has 2 N–H and O–H groups in total. The van der Waals surface area contributed by atoms with Crippen LogP contribution in [-0.2, 0) is 21.2 Å². The minimum Gasteiger partial charge on any atom is -0.393 e. The number of methoxy groups -OCH3 is 1. The average Bonchev–Trinajstić information content (AvgIpc) is 3.77. The van der Waals surface area contributed by atoms with Gasteiger partial charge in [0, 0.05) is 42.7 Å². The summed E-state index contributed by atoms with van der Waals surface area (Å²) >= 11 is 2.65. The van der Waals surface area contributed by atoms with Crippen LogP contribution >= 0.6 is 22.7 Å². The van der Waals surface area contributed by atoms with E-state index in [2.05, 4.69) is 19.9 Å². The fraction of sp³-hybridized carbons (Fsp3) is 0.528. The first kappa shape index (κ1) is 35.1. The van der Waals surface area contributed by atoms with Crippen LogP contribution in [0.4, 0.5) is 0 Å². The Hall–Kier alpha value is -2.18. The van der Waals surface area contributed by atoms with Gasteiger partial charge in [-0.05, 0) is 112 Å². The summed E-state index contributed by atoms with van der Waals surface area (Å²) in [6.45, 7) is 6.76. The lowest BCUT2D eigenvalue weighted by Gasteiger charge is -2.46. The minimum atomic E-state index is -3.85. The number of aliphatic hydroxyl groups excluding tert-OH is 1. The lowest BCUT2D eigenvalue weighted by atomic mass is 9.65. The Bertz CT molecular complexity index is 1650. The van der Waals surface area contributed by atoms with Gasteiger partial charge in [0.05, 0.1) is 16.6 Å². The predicted octanol–water partition coefficient (Wildman–Crippen LogP) is 7.11. The third-order valence-electron chi connectivity index (χ3n) is 10.2. The molecule has 0 amide bonds. The van der Waals surface area contributed by atoms with Gasteiger partial charge >= 0.3 is 0 Å². The number of nitrogens with zero attached hydrogens (tertiary/aromatic N) is 1. The van der Waals surface area contributed by atoms with E-state index in [0.29, 0.717) is 62.0 Å². The maximum absolute atomic E-state index is 14.2. The second kappa shape index (κ2) is 14.5. The Kier molecular flexibility index (Phi) is 11.1. The lowest BCUT2D eigenvalue weighted by Crippen LogP contribution is -2.54. The van der Waals surface area contributed by atoms with Crippen LogP contribution < -0.4 is 0 Å². The molecule has 7 nitrogen and oxygen atoms in total. The maximum atomic E-state index is 14.2. The number of thiophene rings is 2. The quantitative estimate of drug-likeness (QED) is 0.134. The highest BCUT2D eigenvalue weighted by Crippen LogP contribution is 2.59. The fourth-order valence-electron chi connectivity index (χ4n) is 7.38. The van der Waals surface area contributed by atoms with Crippen molar-refractivity contribution in [2.75, 3.05) is 26.8 Å². The molecule has 0 unspecified atom stereocenters. The molecule has 4 atom stereocenters. The van der Waals surface area contributed by atoms with Gasteiger partial charge in [0.1, 0.15) is 4.21 Å². The number of ether oxygens (including phenoxy) is 1. The zero-order valence-corrected chi connectivity index (χ0v) is 29.8. The highest BCUT2D eigenvalue weighted by atomic mass is 32.2. The normalized spacial score (nSPS) is 25.8. The maximum Gasteiger partial charge on any atom is 0.252 e. The number of aryl methyl sites for hydroxylation is 1. The summed E-state index contributed by atoms with van der Waals surface area (Å²) in [5, 5.41) is 25.4. The van der Waals surface area contributed by atoms with Gasteiger partial charge in [0.15, 0.2) is 0 Å². The van der Waals surface area contributed by atoms with Crippen LogP contribution in [0.2, 0.25) is 0 Å². The third-order valence-corrected chi connectivity index (χ3v) is 14.4. The number of hydrogen-bond acceptors (Lipinski definition) is 8. The molecule has 1 aromatic carbocycles. The number of allylic oxidation sites excluding steroid dienone is 2. The number of fused-ring (bicyclic) bond motifs is 8. The van der Waals surface area contributed by atoms with Gasteiger partial charge in [-0.15, -0.1) is 22.7 Å². The number of hydrogen-bond donors (Lipinski definition) is 2. The van der Waals surface area contributed by atoms with Gasteiger partial charge in [-0.1, -0.05) is 36.8 Å². The number of carbonyl (C=O) groups excluding carboxylic acids is 1. The molecule has 0 spiro atoms. The van der Waals surface area contributed by atoms with E-state index in [1.165, 1.54) is 32.6 Å². The molecule has 2 heterocycles. The number of rotatable bonds is 10. The molecular weight excluding hydrogens is 639 g/mol. The van der Waals surface area contributed by atoms with E-state index in [0.717, 1.165) is 22.4 Å². The van der Waals surface area contributed by atoms with E-state index in [4.69, 9.17) is 4.74 Å². The monoisotopic (exact) mass is 685 g/mol. The van der Waals surface area contributed by atoms with Gasteiger partial charge in [0.2, 0.25) is 5.78 Å². The summed E-state index contributed by atoms with van der Waals surface area (Å²) in [5.41, 5.74) is 1.52. The lowest BCUT2D eigenvalue weighted by molar-refractivity contribution is -0.0727. The Morgan fingerprint density at radius 1 is 1.13 bits per heavy atom. The van der Waals surface area contributed by atoms with E-state index < -0.39 is 27.1 Å². The van der Waals surface area contributed by atoms with E-state index in [1.807, 2.05) is 37.3 Å². The average molecular weight is 686 g/mol. The number of benzene rings is 1. The third kappa shape index (κ3) is 7.28. The number of ketones is 1. The molecule has 2 aromatic heterocycles. The molecule has 2 bridgehead atoms. The summed E-state index contributed by atoms with van der Waals surface area (Å²) in [7, 11) is -2.25. The second-order valence-corrected chi connectivity index (χ2v) is 17.7. The molecule has 46 heavy (non-hydrogen) atoms. The SMILES string of the molecule is COCCCN(C[C@]1(O)CC[C@H]2c3ccc(cc3C(=O)c3ccc(C)s3)C[C@@H](O)CCC(C)=CCC[C@@]21C)S(=O)(=O)c1cccs1. The predicted molar refractivity (Wildman–Crippen MR) is 185 cm³/mol. The molecule has 250 valence electrons. The van der Waals surface area contributed by atoms with Crippen LogP contribution in [0.15, 0.2) is 63.7 Å². The van der Waals surface area contributed by atoms with E-state index in [1.54, 1.807) is 24.6 Å². The molecule has 6 rings (SSSR count). The zero-order valence-electron chi connectivity index (χ0n) is 27.3. The van der Waals surface area contributed by atoms with Crippen LogP contribution in [0.5, 0.6) is 0 Å². The Morgan fingerprint density at radius 3 is 2.63 bits per heavy atom. The van der Waals surface area contributed by atoms with E-state index in [-0.39, 0.29) is 29.0 Å². The number of sulfonamides is 1. The van der Waals surface area contributed by atoms with Gasteiger partial charge in [0.25, 0.3) is 10.0 Å². The molecule has 3 aliphatic carbocycles. The van der Waals surface area contributed by atoms with Crippen molar-refractivity contribution in [3.05, 3.63) is 85.9 Å². The fourth-order valence-corrected chi connectivity index (χ4v) is 10.9. The van der Waals surface area contributed by atoms with Crippen molar-refractivity contribution in [2.45, 2.75) is 94.0 Å². The summed E-state index contributed by atoms with van der Waals surface area (Å²) in [4.78, 5) is 15.9.